The monoisotopic (exact) mass is 197 g/mol. The van der Waals surface area contributed by atoms with Crippen LogP contribution in [0.3, 0.4) is 0 Å². The molecule has 0 bridgehead atoms. The molecule has 0 amide bonds. The van der Waals surface area contributed by atoms with Gasteiger partial charge in [0.1, 0.15) is 0 Å². The molecular formula is C13H27N. The van der Waals surface area contributed by atoms with Gasteiger partial charge in [-0.1, -0.05) is 33.1 Å². The number of hydrogen-bond donors (Lipinski definition) is 1. The summed E-state index contributed by atoms with van der Waals surface area (Å²) >= 11 is 0. The average Bonchev–Trinajstić information content (AvgIpc) is 1.94. The zero-order valence-corrected chi connectivity index (χ0v) is 10.3. The molecule has 1 aliphatic carbocycles. The number of rotatable bonds is 6. The van der Waals surface area contributed by atoms with Crippen LogP contribution in [0.5, 0.6) is 0 Å². The summed E-state index contributed by atoms with van der Waals surface area (Å²) in [6.45, 7) is 9.26. The number of nitrogens with one attached hydrogen (secondary N) is 1. The molecular weight excluding hydrogens is 170 g/mol. The third kappa shape index (κ3) is 4.45. The van der Waals surface area contributed by atoms with Gasteiger partial charge in [-0.25, -0.2) is 0 Å². The van der Waals surface area contributed by atoms with Crippen LogP contribution in [0.4, 0.5) is 0 Å². The van der Waals surface area contributed by atoms with Crippen LogP contribution in [-0.4, -0.2) is 12.1 Å². The zero-order valence-electron chi connectivity index (χ0n) is 10.3. The van der Waals surface area contributed by atoms with Gasteiger partial charge >= 0.3 is 0 Å². The lowest BCUT2D eigenvalue weighted by Gasteiger charge is -2.30. The summed E-state index contributed by atoms with van der Waals surface area (Å²) in [5.41, 5.74) is 0. The summed E-state index contributed by atoms with van der Waals surface area (Å²) in [4.78, 5) is 0. The van der Waals surface area contributed by atoms with Crippen LogP contribution in [0, 0.1) is 11.8 Å². The van der Waals surface area contributed by atoms with E-state index in [1.165, 1.54) is 32.1 Å². The minimum absolute atomic E-state index is 0.685. The molecule has 0 spiro atoms. The lowest BCUT2D eigenvalue weighted by Crippen LogP contribution is -2.37. The van der Waals surface area contributed by atoms with Gasteiger partial charge in [-0.05, 0) is 38.5 Å². The summed E-state index contributed by atoms with van der Waals surface area (Å²) < 4.78 is 0. The molecule has 0 saturated heterocycles. The van der Waals surface area contributed by atoms with Gasteiger partial charge in [0, 0.05) is 12.1 Å². The van der Waals surface area contributed by atoms with Crippen molar-refractivity contribution in [3.05, 3.63) is 0 Å². The largest absolute Gasteiger partial charge is 0.312 e. The Balaban J connectivity index is 2.08. The van der Waals surface area contributed by atoms with Gasteiger partial charge in [0.2, 0.25) is 0 Å². The highest BCUT2D eigenvalue weighted by molar-refractivity contribution is 4.76. The molecule has 2 atom stereocenters. The molecule has 1 saturated carbocycles. The zero-order chi connectivity index (χ0) is 10.6. The predicted molar refractivity (Wildman–Crippen MR) is 63.5 cm³/mol. The van der Waals surface area contributed by atoms with Crippen molar-refractivity contribution in [3.63, 3.8) is 0 Å². The van der Waals surface area contributed by atoms with Crippen molar-refractivity contribution in [2.45, 2.75) is 71.9 Å². The Morgan fingerprint density at radius 1 is 1.07 bits per heavy atom. The van der Waals surface area contributed by atoms with E-state index in [1.54, 1.807) is 0 Å². The van der Waals surface area contributed by atoms with E-state index in [-0.39, 0.29) is 0 Å². The molecule has 0 aromatic heterocycles. The van der Waals surface area contributed by atoms with E-state index in [4.69, 9.17) is 0 Å². The quantitative estimate of drug-likeness (QED) is 0.686. The molecule has 0 aromatic carbocycles. The molecule has 0 radical (unpaired) electrons. The first-order valence-electron chi connectivity index (χ1n) is 6.34. The van der Waals surface area contributed by atoms with Gasteiger partial charge in [0.05, 0.1) is 0 Å². The predicted octanol–water partition coefficient (Wildman–Crippen LogP) is 3.59. The van der Waals surface area contributed by atoms with E-state index in [0.29, 0.717) is 12.1 Å². The van der Waals surface area contributed by atoms with Crippen LogP contribution >= 0.6 is 0 Å². The van der Waals surface area contributed by atoms with Gasteiger partial charge in [-0.3, -0.25) is 0 Å². The standard InChI is InChI=1S/C13H27N/c1-10(2)8-11(3)14-12(4)9-13-6-5-7-13/h10-14H,5-9H2,1-4H3. The Hall–Kier alpha value is -0.0400. The van der Waals surface area contributed by atoms with Crippen molar-refractivity contribution in [1.82, 2.24) is 5.32 Å². The summed E-state index contributed by atoms with van der Waals surface area (Å²) in [5, 5.41) is 3.71. The Bertz CT molecular complexity index is 149. The topological polar surface area (TPSA) is 12.0 Å². The van der Waals surface area contributed by atoms with Crippen molar-refractivity contribution < 1.29 is 0 Å². The van der Waals surface area contributed by atoms with Crippen molar-refractivity contribution in [2.24, 2.45) is 11.8 Å². The molecule has 0 heterocycles. The number of hydrogen-bond acceptors (Lipinski definition) is 1. The fourth-order valence-electron chi connectivity index (χ4n) is 2.56. The molecule has 1 aliphatic rings. The highest BCUT2D eigenvalue weighted by Crippen LogP contribution is 2.30. The highest BCUT2D eigenvalue weighted by Gasteiger charge is 2.20. The first-order chi connectivity index (χ1) is 6.58. The Labute approximate surface area is 89.7 Å². The summed E-state index contributed by atoms with van der Waals surface area (Å²) in [5.74, 6) is 1.84. The molecule has 14 heavy (non-hydrogen) atoms. The SMILES string of the molecule is CC(C)CC(C)NC(C)CC1CCC1. The average molecular weight is 197 g/mol. The lowest BCUT2D eigenvalue weighted by atomic mass is 9.81. The second kappa shape index (κ2) is 5.75. The maximum absolute atomic E-state index is 3.71. The third-order valence-electron chi connectivity index (χ3n) is 3.31. The van der Waals surface area contributed by atoms with Crippen LogP contribution in [-0.2, 0) is 0 Å². The second-order valence-electron chi connectivity index (χ2n) is 5.63. The van der Waals surface area contributed by atoms with Gasteiger partial charge in [-0.15, -0.1) is 0 Å². The molecule has 1 rings (SSSR count). The third-order valence-corrected chi connectivity index (χ3v) is 3.31. The minimum atomic E-state index is 0.685. The Morgan fingerprint density at radius 3 is 2.14 bits per heavy atom. The van der Waals surface area contributed by atoms with E-state index in [9.17, 15) is 0 Å². The lowest BCUT2D eigenvalue weighted by molar-refractivity contribution is 0.254. The fraction of sp³-hybridized carbons (Fsp3) is 1.00. The van der Waals surface area contributed by atoms with Crippen molar-refractivity contribution in [3.8, 4) is 0 Å². The van der Waals surface area contributed by atoms with Crippen LogP contribution in [0.15, 0.2) is 0 Å². The first kappa shape index (κ1) is 12.0. The normalized spacial score (nSPS) is 22.1. The van der Waals surface area contributed by atoms with Crippen molar-refractivity contribution in [2.75, 3.05) is 0 Å². The van der Waals surface area contributed by atoms with Gasteiger partial charge < -0.3 is 5.32 Å². The van der Waals surface area contributed by atoms with Crippen molar-refractivity contribution in [1.29, 1.82) is 0 Å². The second-order valence-corrected chi connectivity index (χ2v) is 5.63. The van der Waals surface area contributed by atoms with Crippen LogP contribution in [0.25, 0.3) is 0 Å². The highest BCUT2D eigenvalue weighted by atomic mass is 14.9. The van der Waals surface area contributed by atoms with Gasteiger partial charge in [0.25, 0.3) is 0 Å². The minimum Gasteiger partial charge on any atom is -0.312 e. The van der Waals surface area contributed by atoms with E-state index >= 15 is 0 Å². The molecule has 0 aromatic rings. The molecule has 0 aliphatic heterocycles. The Kier molecular flexibility index (Phi) is 4.94. The van der Waals surface area contributed by atoms with Crippen molar-refractivity contribution >= 4 is 0 Å². The molecule has 1 heteroatoms. The molecule has 1 N–H and O–H groups in total. The van der Waals surface area contributed by atoms with Crippen LogP contribution < -0.4 is 5.32 Å². The Morgan fingerprint density at radius 2 is 1.71 bits per heavy atom. The summed E-state index contributed by atoms with van der Waals surface area (Å²) in [6.07, 6.45) is 7.12. The van der Waals surface area contributed by atoms with Gasteiger partial charge in [-0.2, -0.15) is 0 Å². The molecule has 1 nitrogen and oxygen atoms in total. The maximum atomic E-state index is 3.71. The van der Waals surface area contributed by atoms with Crippen LogP contribution in [0.2, 0.25) is 0 Å². The van der Waals surface area contributed by atoms with E-state index < -0.39 is 0 Å². The molecule has 2 unspecified atom stereocenters. The van der Waals surface area contributed by atoms with E-state index in [1.807, 2.05) is 0 Å². The first-order valence-corrected chi connectivity index (χ1v) is 6.34. The molecule has 84 valence electrons. The summed E-state index contributed by atoms with van der Waals surface area (Å²) in [6, 6.07) is 1.40. The smallest absolute Gasteiger partial charge is 0.00438 e. The molecule has 1 fully saturated rings. The summed E-state index contributed by atoms with van der Waals surface area (Å²) in [7, 11) is 0. The fourth-order valence-corrected chi connectivity index (χ4v) is 2.56. The van der Waals surface area contributed by atoms with E-state index in [2.05, 4.69) is 33.0 Å². The maximum Gasteiger partial charge on any atom is 0.00438 e. The van der Waals surface area contributed by atoms with Crippen LogP contribution in [0.1, 0.15) is 59.8 Å². The van der Waals surface area contributed by atoms with Gasteiger partial charge in [0.15, 0.2) is 0 Å². The van der Waals surface area contributed by atoms with E-state index in [0.717, 1.165) is 11.8 Å².